The van der Waals surface area contributed by atoms with E-state index in [2.05, 4.69) is 15.6 Å². The zero-order chi connectivity index (χ0) is 28.8. The van der Waals surface area contributed by atoms with Crippen LogP contribution >= 0.6 is 11.3 Å². The molecule has 2 heterocycles. The van der Waals surface area contributed by atoms with E-state index in [0.29, 0.717) is 11.4 Å². The largest absolute Gasteiger partial charge is 0.476 e. The van der Waals surface area contributed by atoms with Gasteiger partial charge < -0.3 is 25.4 Å². The van der Waals surface area contributed by atoms with E-state index in [1.807, 2.05) is 46.6 Å². The molecule has 3 N–H and O–H groups in total. The van der Waals surface area contributed by atoms with E-state index in [1.165, 1.54) is 12.4 Å². The van der Waals surface area contributed by atoms with Gasteiger partial charge in [0, 0.05) is 31.9 Å². The molecule has 1 fully saturated rings. The first-order chi connectivity index (χ1) is 17.8. The number of rotatable bonds is 12. The molecular formula is C26H43N5O6S. The fourth-order valence-corrected chi connectivity index (χ4v) is 5.60. The lowest BCUT2D eigenvalue weighted by Crippen LogP contribution is -2.60. The van der Waals surface area contributed by atoms with Crippen molar-refractivity contribution in [2.75, 3.05) is 27.7 Å². The highest BCUT2D eigenvalue weighted by molar-refractivity contribution is 7.09. The molecule has 38 heavy (non-hydrogen) atoms. The summed E-state index contributed by atoms with van der Waals surface area (Å²) in [4.78, 5) is 58.6. The Labute approximate surface area is 229 Å². The summed E-state index contributed by atoms with van der Waals surface area (Å²) in [6.45, 7) is 10.6. The molecule has 2 rings (SSSR count). The molecule has 11 nitrogen and oxygen atoms in total. The van der Waals surface area contributed by atoms with Crippen LogP contribution < -0.4 is 10.6 Å². The molecule has 1 aliphatic rings. The summed E-state index contributed by atoms with van der Waals surface area (Å²) >= 11 is 1.09. The minimum absolute atomic E-state index is 0.0367. The van der Waals surface area contributed by atoms with Crippen molar-refractivity contribution in [2.24, 2.45) is 11.8 Å². The number of hydrogen-bond acceptors (Lipinski definition) is 8. The second-order valence-electron chi connectivity index (χ2n) is 10.7. The van der Waals surface area contributed by atoms with Crippen LogP contribution in [-0.4, -0.2) is 89.1 Å². The summed E-state index contributed by atoms with van der Waals surface area (Å²) in [6.07, 6.45) is 1.01. The van der Waals surface area contributed by atoms with E-state index in [0.717, 1.165) is 30.7 Å². The third-order valence-electron chi connectivity index (χ3n) is 7.79. The maximum atomic E-state index is 13.9. The monoisotopic (exact) mass is 553 g/mol. The Morgan fingerprint density at radius 1 is 1.29 bits per heavy atom. The van der Waals surface area contributed by atoms with E-state index in [1.54, 1.807) is 11.9 Å². The number of nitrogens with one attached hydrogen (secondary N) is 2. The van der Waals surface area contributed by atoms with Crippen molar-refractivity contribution in [2.45, 2.75) is 84.0 Å². The molecule has 0 spiro atoms. The van der Waals surface area contributed by atoms with Gasteiger partial charge in [0.15, 0.2) is 11.8 Å². The second kappa shape index (κ2) is 13.4. The van der Waals surface area contributed by atoms with Crippen LogP contribution in [0.3, 0.4) is 0 Å². The fraction of sp³-hybridized carbons (Fsp3) is 0.731. The highest BCUT2D eigenvalue weighted by atomic mass is 32.1. The van der Waals surface area contributed by atoms with Crippen LogP contribution in [0.4, 0.5) is 4.79 Å². The summed E-state index contributed by atoms with van der Waals surface area (Å²) in [5.41, 5.74) is -0.799. The number of aromatic carboxylic acids is 1. The number of carbonyl (C=O) groups is 4. The number of carboxylic acid groups (broad SMARTS) is 1. The summed E-state index contributed by atoms with van der Waals surface area (Å²) < 4.78 is 5.57. The molecule has 0 aromatic carbocycles. The standard InChI is InChI=1S/C26H43N5O6S/c1-9-16(4)20(29-24(35)26(5)11-10-12-30(26)7)22(32)31(8)18(15(2)3)13-19(37-25(36)27-6)21-28-17(14-38-21)23(33)34/h14-16,18-20H,9-13H2,1-8H3,(H,27,36)(H,29,35)(H,33,34)/t16?,18-,19-,20+,26-/m1/s1. The molecular weight excluding hydrogens is 510 g/mol. The van der Waals surface area contributed by atoms with Crippen molar-refractivity contribution in [1.82, 2.24) is 25.4 Å². The Kier molecular flexibility index (Phi) is 11.1. The number of carboxylic acids is 1. The number of carbonyl (C=O) groups excluding carboxylic acids is 3. The van der Waals surface area contributed by atoms with Crippen LogP contribution in [-0.2, 0) is 14.3 Å². The zero-order valence-electron chi connectivity index (χ0n) is 23.7. The number of amides is 3. The van der Waals surface area contributed by atoms with Crippen molar-refractivity contribution < 1.29 is 29.0 Å². The summed E-state index contributed by atoms with van der Waals surface area (Å²) in [6, 6.07) is -1.11. The number of likely N-dealkylation sites (tertiary alicyclic amines) is 1. The Bertz CT molecular complexity index is 1000. The molecule has 1 saturated heterocycles. The van der Waals surface area contributed by atoms with Crippen LogP contribution in [0.2, 0.25) is 0 Å². The average molecular weight is 554 g/mol. The van der Waals surface area contributed by atoms with Gasteiger partial charge in [-0.1, -0.05) is 34.1 Å². The van der Waals surface area contributed by atoms with Gasteiger partial charge in [0.1, 0.15) is 11.0 Å². The molecule has 0 saturated carbocycles. The molecule has 0 bridgehead atoms. The predicted molar refractivity (Wildman–Crippen MR) is 145 cm³/mol. The maximum absolute atomic E-state index is 13.9. The summed E-state index contributed by atoms with van der Waals surface area (Å²) in [5, 5.41) is 16.5. The van der Waals surface area contributed by atoms with Gasteiger partial charge in [-0.2, -0.15) is 0 Å². The van der Waals surface area contributed by atoms with E-state index in [9.17, 15) is 24.3 Å². The van der Waals surface area contributed by atoms with E-state index in [-0.39, 0.29) is 41.8 Å². The quantitative estimate of drug-likeness (QED) is 0.359. The number of thiazole rings is 1. The van der Waals surface area contributed by atoms with Gasteiger partial charge >= 0.3 is 12.1 Å². The number of aromatic nitrogens is 1. The minimum atomic E-state index is -1.17. The van der Waals surface area contributed by atoms with E-state index >= 15 is 0 Å². The number of alkyl carbamates (subject to hydrolysis) is 1. The highest BCUT2D eigenvalue weighted by Crippen LogP contribution is 2.31. The highest BCUT2D eigenvalue weighted by Gasteiger charge is 2.44. The van der Waals surface area contributed by atoms with Crippen LogP contribution in [0.25, 0.3) is 0 Å². The predicted octanol–water partition coefficient (Wildman–Crippen LogP) is 3.13. The molecule has 5 atom stereocenters. The number of hydrogen-bond donors (Lipinski definition) is 3. The molecule has 12 heteroatoms. The molecule has 1 unspecified atom stereocenters. The third kappa shape index (κ3) is 7.22. The van der Waals surface area contributed by atoms with Crippen LogP contribution in [0, 0.1) is 11.8 Å². The Morgan fingerprint density at radius 3 is 2.42 bits per heavy atom. The molecule has 1 aromatic heterocycles. The lowest BCUT2D eigenvalue weighted by molar-refractivity contribution is -0.142. The van der Waals surface area contributed by atoms with Gasteiger partial charge in [-0.05, 0) is 45.2 Å². The topological polar surface area (TPSA) is 141 Å². The third-order valence-corrected chi connectivity index (χ3v) is 8.73. The number of likely N-dealkylation sites (N-methyl/N-ethyl adjacent to an activating group) is 2. The van der Waals surface area contributed by atoms with Crippen molar-refractivity contribution in [3.63, 3.8) is 0 Å². The Morgan fingerprint density at radius 2 is 1.95 bits per heavy atom. The number of ether oxygens (including phenoxy) is 1. The van der Waals surface area contributed by atoms with Crippen molar-refractivity contribution in [3.05, 3.63) is 16.1 Å². The lowest BCUT2D eigenvalue weighted by atomic mass is 9.91. The van der Waals surface area contributed by atoms with E-state index < -0.39 is 29.7 Å². The van der Waals surface area contributed by atoms with Gasteiger partial charge in [-0.25, -0.2) is 14.6 Å². The van der Waals surface area contributed by atoms with Crippen molar-refractivity contribution in [1.29, 1.82) is 0 Å². The maximum Gasteiger partial charge on any atom is 0.407 e. The first-order valence-corrected chi connectivity index (χ1v) is 14.0. The average Bonchev–Trinajstić information content (AvgIpc) is 3.51. The van der Waals surface area contributed by atoms with Crippen LogP contribution in [0.15, 0.2) is 5.38 Å². The van der Waals surface area contributed by atoms with Crippen molar-refractivity contribution >= 4 is 35.2 Å². The van der Waals surface area contributed by atoms with Gasteiger partial charge in [-0.15, -0.1) is 11.3 Å². The molecule has 0 radical (unpaired) electrons. The van der Waals surface area contributed by atoms with Gasteiger partial charge in [-0.3, -0.25) is 14.5 Å². The van der Waals surface area contributed by atoms with Gasteiger partial charge in [0.05, 0.1) is 5.54 Å². The normalized spacial score (nSPS) is 20.9. The minimum Gasteiger partial charge on any atom is -0.476 e. The number of nitrogens with zero attached hydrogens (tertiary/aromatic N) is 3. The second-order valence-corrected chi connectivity index (χ2v) is 11.5. The molecule has 0 aliphatic carbocycles. The SMILES string of the molecule is CCC(C)[C@H](NC(=O)[C@@]1(C)CCCN1C)C(=O)N(C)[C@H](C[C@@H](OC(=O)NC)c1nc(C(=O)O)cs1)C(C)C. The zero-order valence-corrected chi connectivity index (χ0v) is 24.6. The molecule has 1 aliphatic heterocycles. The van der Waals surface area contributed by atoms with Crippen LogP contribution in [0.5, 0.6) is 0 Å². The van der Waals surface area contributed by atoms with Crippen molar-refractivity contribution in [3.8, 4) is 0 Å². The molecule has 214 valence electrons. The summed E-state index contributed by atoms with van der Waals surface area (Å²) in [7, 11) is 5.05. The summed E-state index contributed by atoms with van der Waals surface area (Å²) in [5.74, 6) is -1.69. The Hall–Kier alpha value is -2.73. The first-order valence-electron chi connectivity index (χ1n) is 13.1. The molecule has 1 aromatic rings. The molecule has 3 amide bonds. The van der Waals surface area contributed by atoms with Gasteiger partial charge in [0.25, 0.3) is 0 Å². The first kappa shape index (κ1) is 31.5. The fourth-order valence-electron chi connectivity index (χ4n) is 4.77. The lowest BCUT2D eigenvalue weighted by Gasteiger charge is -2.38. The smallest absolute Gasteiger partial charge is 0.407 e. The van der Waals surface area contributed by atoms with E-state index in [4.69, 9.17) is 4.74 Å². The van der Waals surface area contributed by atoms with Gasteiger partial charge in [0.2, 0.25) is 11.8 Å². The Balaban J connectivity index is 2.32. The van der Waals surface area contributed by atoms with Crippen LogP contribution in [0.1, 0.15) is 81.9 Å².